The fourth-order valence-corrected chi connectivity index (χ4v) is 5.15. The lowest BCUT2D eigenvalue weighted by Gasteiger charge is -2.39. The third-order valence-corrected chi connectivity index (χ3v) is 6.27. The maximum Gasteiger partial charge on any atom is 0.124 e. The Bertz CT molecular complexity index is 518. The highest BCUT2D eigenvalue weighted by Crippen LogP contribution is 2.21. The van der Waals surface area contributed by atoms with Gasteiger partial charge in [-0.2, -0.15) is 0 Å². The Hall–Kier alpha value is -0.580. The standard InChI is InChI=1S/C19H29BrN2O/c1-14-9-15(2)12-22(11-14)18-5-7-21(8-6-18)13-16-10-17(20)3-4-19(16)23/h3-4,10,14-15,18,23H,5-9,11-13H2,1-2H3/p+2/t14-,15+. The lowest BCUT2D eigenvalue weighted by molar-refractivity contribution is -0.969. The summed E-state index contributed by atoms with van der Waals surface area (Å²) in [7, 11) is 0. The molecule has 3 N–H and O–H groups in total. The first-order valence-corrected chi connectivity index (χ1v) is 9.96. The van der Waals surface area contributed by atoms with E-state index in [-0.39, 0.29) is 0 Å². The molecular formula is C19H31BrN2O+2. The van der Waals surface area contributed by atoms with Crippen LogP contribution in [-0.4, -0.2) is 37.3 Å². The van der Waals surface area contributed by atoms with Crippen LogP contribution in [0.4, 0.5) is 0 Å². The van der Waals surface area contributed by atoms with Crippen LogP contribution < -0.4 is 9.80 Å². The molecule has 0 aromatic heterocycles. The molecule has 2 heterocycles. The van der Waals surface area contributed by atoms with Gasteiger partial charge in [0.2, 0.25) is 0 Å². The molecule has 23 heavy (non-hydrogen) atoms. The lowest BCUT2D eigenvalue weighted by atomic mass is 9.89. The molecule has 3 atom stereocenters. The van der Waals surface area contributed by atoms with Crippen molar-refractivity contribution in [2.45, 2.75) is 45.7 Å². The Labute approximate surface area is 148 Å². The fourth-order valence-electron chi connectivity index (χ4n) is 4.74. The summed E-state index contributed by atoms with van der Waals surface area (Å²) in [5.41, 5.74) is 1.07. The summed E-state index contributed by atoms with van der Waals surface area (Å²) in [6.45, 7) is 11.0. The van der Waals surface area contributed by atoms with Gasteiger partial charge in [0.25, 0.3) is 0 Å². The number of benzene rings is 1. The van der Waals surface area contributed by atoms with Gasteiger partial charge < -0.3 is 14.9 Å². The van der Waals surface area contributed by atoms with E-state index in [1.807, 2.05) is 11.0 Å². The first kappa shape index (κ1) is 17.2. The van der Waals surface area contributed by atoms with E-state index in [1.165, 1.54) is 45.4 Å². The molecule has 2 saturated heterocycles. The molecule has 3 nitrogen and oxygen atoms in total. The predicted molar refractivity (Wildman–Crippen MR) is 96.9 cm³/mol. The Kier molecular flexibility index (Phi) is 5.65. The van der Waals surface area contributed by atoms with Gasteiger partial charge in [0.05, 0.1) is 32.2 Å². The maximum absolute atomic E-state index is 10.0. The second kappa shape index (κ2) is 7.54. The van der Waals surface area contributed by atoms with Gasteiger partial charge in [-0.1, -0.05) is 29.8 Å². The van der Waals surface area contributed by atoms with Crippen LogP contribution in [0.3, 0.4) is 0 Å². The molecule has 1 unspecified atom stereocenters. The summed E-state index contributed by atoms with van der Waals surface area (Å²) in [5, 5.41) is 10.0. The topological polar surface area (TPSA) is 29.1 Å². The van der Waals surface area contributed by atoms with E-state index < -0.39 is 0 Å². The van der Waals surface area contributed by atoms with E-state index in [4.69, 9.17) is 0 Å². The average Bonchev–Trinajstić information content (AvgIpc) is 2.51. The summed E-state index contributed by atoms with van der Waals surface area (Å²) in [6, 6.07) is 6.63. The zero-order valence-electron chi connectivity index (χ0n) is 14.4. The minimum Gasteiger partial charge on any atom is -0.507 e. The number of quaternary nitrogens is 2. The van der Waals surface area contributed by atoms with Gasteiger partial charge in [-0.25, -0.2) is 0 Å². The summed E-state index contributed by atoms with van der Waals surface area (Å²) in [5.74, 6) is 2.21. The molecule has 3 rings (SSSR count). The van der Waals surface area contributed by atoms with Crippen molar-refractivity contribution < 1.29 is 14.9 Å². The molecule has 0 bridgehead atoms. The van der Waals surface area contributed by atoms with E-state index in [9.17, 15) is 5.11 Å². The number of aromatic hydroxyl groups is 1. The molecule has 2 aliphatic rings. The third kappa shape index (κ3) is 4.49. The zero-order chi connectivity index (χ0) is 16.4. The third-order valence-electron chi connectivity index (χ3n) is 5.78. The molecule has 0 radical (unpaired) electrons. The zero-order valence-corrected chi connectivity index (χ0v) is 16.0. The number of phenolic OH excluding ortho intramolecular Hbond substituents is 1. The molecule has 0 amide bonds. The maximum atomic E-state index is 10.0. The molecule has 1 aromatic carbocycles. The Morgan fingerprint density at radius 2 is 1.78 bits per heavy atom. The first-order valence-electron chi connectivity index (χ1n) is 9.16. The van der Waals surface area contributed by atoms with Crippen molar-refractivity contribution in [3.8, 4) is 5.75 Å². The highest BCUT2D eigenvalue weighted by atomic mass is 79.9. The van der Waals surface area contributed by atoms with E-state index in [0.717, 1.165) is 34.5 Å². The lowest BCUT2D eigenvalue weighted by Crippen LogP contribution is -3.21. The van der Waals surface area contributed by atoms with Crippen LogP contribution in [0.2, 0.25) is 0 Å². The molecule has 2 aliphatic heterocycles. The van der Waals surface area contributed by atoms with E-state index >= 15 is 0 Å². The van der Waals surface area contributed by atoms with Crippen molar-refractivity contribution in [1.29, 1.82) is 0 Å². The van der Waals surface area contributed by atoms with Crippen molar-refractivity contribution in [3.63, 3.8) is 0 Å². The number of hydrogen-bond donors (Lipinski definition) is 3. The molecular weight excluding hydrogens is 352 g/mol. The molecule has 0 aliphatic carbocycles. The number of piperidine rings is 2. The normalized spacial score (nSPS) is 35.2. The fraction of sp³-hybridized carbons (Fsp3) is 0.684. The number of halogens is 1. The Morgan fingerprint density at radius 1 is 1.13 bits per heavy atom. The smallest absolute Gasteiger partial charge is 0.124 e. The first-order chi connectivity index (χ1) is 11.0. The van der Waals surface area contributed by atoms with E-state index in [1.54, 1.807) is 11.0 Å². The predicted octanol–water partition coefficient (Wildman–Crippen LogP) is 1.26. The van der Waals surface area contributed by atoms with Crippen LogP contribution in [0.25, 0.3) is 0 Å². The van der Waals surface area contributed by atoms with Crippen molar-refractivity contribution in [2.24, 2.45) is 11.8 Å². The van der Waals surface area contributed by atoms with Crippen molar-refractivity contribution in [3.05, 3.63) is 28.2 Å². The van der Waals surface area contributed by atoms with Gasteiger partial charge in [0.15, 0.2) is 0 Å². The molecule has 4 heteroatoms. The minimum absolute atomic E-state index is 0.437. The molecule has 0 spiro atoms. The van der Waals surface area contributed by atoms with Gasteiger partial charge in [-0.05, 0) is 24.6 Å². The van der Waals surface area contributed by atoms with E-state index in [2.05, 4.69) is 35.8 Å². The van der Waals surface area contributed by atoms with Crippen LogP contribution in [-0.2, 0) is 6.54 Å². The van der Waals surface area contributed by atoms with Gasteiger partial charge in [0, 0.05) is 34.7 Å². The number of hydrogen-bond acceptors (Lipinski definition) is 1. The molecule has 1 aromatic rings. The highest BCUT2D eigenvalue weighted by molar-refractivity contribution is 9.10. The number of nitrogens with one attached hydrogen (secondary N) is 2. The van der Waals surface area contributed by atoms with Crippen LogP contribution >= 0.6 is 15.9 Å². The second-order valence-corrected chi connectivity index (χ2v) is 8.90. The second-order valence-electron chi connectivity index (χ2n) is 7.99. The van der Waals surface area contributed by atoms with Gasteiger partial charge in [-0.3, -0.25) is 0 Å². The molecule has 0 saturated carbocycles. The monoisotopic (exact) mass is 382 g/mol. The largest absolute Gasteiger partial charge is 0.507 e. The minimum atomic E-state index is 0.437. The van der Waals surface area contributed by atoms with Gasteiger partial charge in [-0.15, -0.1) is 0 Å². The van der Waals surface area contributed by atoms with Crippen LogP contribution in [0.15, 0.2) is 22.7 Å². The highest BCUT2D eigenvalue weighted by Gasteiger charge is 2.34. The summed E-state index contributed by atoms with van der Waals surface area (Å²) >= 11 is 3.51. The molecule has 128 valence electrons. The Balaban J connectivity index is 1.53. The quantitative estimate of drug-likeness (QED) is 0.721. The van der Waals surface area contributed by atoms with Gasteiger partial charge in [0.1, 0.15) is 12.3 Å². The summed E-state index contributed by atoms with van der Waals surface area (Å²) in [4.78, 5) is 3.48. The Morgan fingerprint density at radius 3 is 2.43 bits per heavy atom. The van der Waals surface area contributed by atoms with Crippen molar-refractivity contribution in [1.82, 2.24) is 0 Å². The number of likely N-dealkylation sites (tertiary alicyclic amines) is 2. The SMILES string of the molecule is C[C@@H]1C[C@H](C)C[NH+](C2CC[NH+](Cc3cc(Br)ccc3O)CC2)C1. The summed E-state index contributed by atoms with van der Waals surface area (Å²) in [6.07, 6.45) is 4.08. The summed E-state index contributed by atoms with van der Waals surface area (Å²) < 4.78 is 1.06. The van der Waals surface area contributed by atoms with Gasteiger partial charge >= 0.3 is 0 Å². The van der Waals surface area contributed by atoms with E-state index in [0.29, 0.717) is 5.75 Å². The number of phenols is 1. The van der Waals surface area contributed by atoms with Crippen LogP contribution in [0.5, 0.6) is 5.75 Å². The van der Waals surface area contributed by atoms with Crippen molar-refractivity contribution in [2.75, 3.05) is 26.2 Å². The van der Waals surface area contributed by atoms with Crippen LogP contribution in [0, 0.1) is 11.8 Å². The van der Waals surface area contributed by atoms with Crippen molar-refractivity contribution >= 4 is 15.9 Å². The average molecular weight is 383 g/mol. The van der Waals surface area contributed by atoms with Crippen LogP contribution in [0.1, 0.15) is 38.7 Å². The number of rotatable bonds is 3. The molecule has 2 fully saturated rings.